The summed E-state index contributed by atoms with van der Waals surface area (Å²) in [5.41, 5.74) is 0.950. The Bertz CT molecular complexity index is 544. The second kappa shape index (κ2) is 10.2. The number of Topliss-reactive ketones (excluding diaryl/α,β-unsaturated/α-hetero) is 1. The predicted molar refractivity (Wildman–Crippen MR) is 93.0 cm³/mol. The van der Waals surface area contributed by atoms with Gasteiger partial charge in [0.2, 0.25) is 0 Å². The number of carbonyl (C=O) groups excluding carboxylic acids is 2. The van der Waals surface area contributed by atoms with E-state index in [0.717, 1.165) is 18.4 Å². The molecule has 0 saturated carbocycles. The van der Waals surface area contributed by atoms with Crippen LogP contribution < -0.4 is 0 Å². The molecule has 0 N–H and O–H groups in total. The fourth-order valence-corrected chi connectivity index (χ4v) is 3.01. The number of likely N-dealkylation sites (tertiary alicyclic amines) is 1. The van der Waals surface area contributed by atoms with E-state index in [2.05, 4.69) is 0 Å². The molecule has 1 heterocycles. The molecule has 1 aliphatic rings. The van der Waals surface area contributed by atoms with Gasteiger partial charge in [-0.15, -0.1) is 0 Å². The van der Waals surface area contributed by atoms with Crippen molar-refractivity contribution in [2.24, 2.45) is 5.92 Å². The summed E-state index contributed by atoms with van der Waals surface area (Å²) in [6, 6.07) is 9.57. The molecule has 0 unspecified atom stereocenters. The van der Waals surface area contributed by atoms with Gasteiger partial charge < -0.3 is 19.1 Å². The van der Waals surface area contributed by atoms with Crippen molar-refractivity contribution < 1.29 is 23.8 Å². The summed E-state index contributed by atoms with van der Waals surface area (Å²) in [6.07, 6.45) is 1.83. The lowest BCUT2D eigenvalue weighted by Gasteiger charge is -2.31. The molecule has 1 saturated heterocycles. The molecule has 6 nitrogen and oxygen atoms in total. The lowest BCUT2D eigenvalue weighted by molar-refractivity contribution is -0.131. The van der Waals surface area contributed by atoms with Crippen LogP contribution >= 0.6 is 0 Å². The Morgan fingerprint density at radius 2 is 1.92 bits per heavy atom. The lowest BCUT2D eigenvalue weighted by Crippen LogP contribution is -2.42. The Labute approximate surface area is 149 Å². The molecule has 138 valence electrons. The van der Waals surface area contributed by atoms with Crippen LogP contribution in [0.3, 0.4) is 0 Å². The van der Waals surface area contributed by atoms with Crippen molar-refractivity contribution in [1.29, 1.82) is 0 Å². The number of piperidine rings is 1. The van der Waals surface area contributed by atoms with Gasteiger partial charge in [0.25, 0.3) is 0 Å². The highest BCUT2D eigenvalue weighted by Gasteiger charge is 2.29. The molecule has 1 aromatic rings. The SMILES string of the molecule is COC(CCC(=O)[C@@H]1CCCN(C(=O)OCc2ccccc2)C1)OC. The largest absolute Gasteiger partial charge is 0.445 e. The molecule has 0 aliphatic carbocycles. The molecule has 1 amide bonds. The number of methoxy groups -OCH3 is 2. The van der Waals surface area contributed by atoms with Gasteiger partial charge in [-0.05, 0) is 18.4 Å². The molecule has 6 heteroatoms. The zero-order valence-electron chi connectivity index (χ0n) is 15.0. The smallest absolute Gasteiger partial charge is 0.410 e. The maximum atomic E-state index is 12.4. The second-order valence-corrected chi connectivity index (χ2v) is 6.23. The van der Waals surface area contributed by atoms with Gasteiger partial charge in [-0.1, -0.05) is 30.3 Å². The van der Waals surface area contributed by atoms with Crippen LogP contribution in [0, 0.1) is 5.92 Å². The first-order chi connectivity index (χ1) is 12.1. The average molecular weight is 349 g/mol. The monoisotopic (exact) mass is 349 g/mol. The highest BCUT2D eigenvalue weighted by molar-refractivity contribution is 5.82. The van der Waals surface area contributed by atoms with Crippen LogP contribution in [0.5, 0.6) is 0 Å². The van der Waals surface area contributed by atoms with E-state index >= 15 is 0 Å². The molecule has 2 rings (SSSR count). The number of rotatable bonds is 8. The number of ether oxygens (including phenoxy) is 3. The summed E-state index contributed by atoms with van der Waals surface area (Å²) in [5.74, 6) is 0.0204. The van der Waals surface area contributed by atoms with Crippen LogP contribution in [0.1, 0.15) is 31.2 Å². The highest BCUT2D eigenvalue weighted by atomic mass is 16.7. The van der Waals surface area contributed by atoms with Crippen LogP contribution in [0.2, 0.25) is 0 Å². The molecule has 1 atom stereocenters. The molecule has 0 radical (unpaired) electrons. The van der Waals surface area contributed by atoms with Gasteiger partial charge in [-0.25, -0.2) is 4.79 Å². The number of amides is 1. The Morgan fingerprint density at radius 3 is 2.60 bits per heavy atom. The summed E-state index contributed by atoms with van der Waals surface area (Å²) >= 11 is 0. The summed E-state index contributed by atoms with van der Waals surface area (Å²) in [4.78, 5) is 26.3. The molecular formula is C19H27NO5. The van der Waals surface area contributed by atoms with E-state index in [-0.39, 0.29) is 30.7 Å². The minimum atomic E-state index is -0.362. The van der Waals surface area contributed by atoms with E-state index in [4.69, 9.17) is 14.2 Å². The Hall–Kier alpha value is -1.92. The van der Waals surface area contributed by atoms with Crippen LogP contribution in [-0.4, -0.2) is 50.4 Å². The Kier molecular flexibility index (Phi) is 7.88. The van der Waals surface area contributed by atoms with Gasteiger partial charge in [0.15, 0.2) is 6.29 Å². The summed E-state index contributed by atoms with van der Waals surface area (Å²) < 4.78 is 15.6. The standard InChI is InChI=1S/C19H27NO5/c1-23-18(24-2)11-10-17(21)16-9-6-12-20(13-16)19(22)25-14-15-7-4-3-5-8-15/h3-5,7-8,16,18H,6,9-14H2,1-2H3/t16-/m1/s1. The summed E-state index contributed by atoms with van der Waals surface area (Å²) in [7, 11) is 3.12. The quantitative estimate of drug-likeness (QED) is 0.675. The summed E-state index contributed by atoms with van der Waals surface area (Å²) in [6.45, 7) is 1.31. The molecule has 0 aromatic heterocycles. The number of hydrogen-bond donors (Lipinski definition) is 0. The lowest BCUT2D eigenvalue weighted by atomic mass is 9.91. The molecule has 1 aliphatic heterocycles. The zero-order valence-corrected chi connectivity index (χ0v) is 15.0. The summed E-state index contributed by atoms with van der Waals surface area (Å²) in [5, 5.41) is 0. The van der Waals surface area contributed by atoms with Crippen LogP contribution in [-0.2, 0) is 25.6 Å². The van der Waals surface area contributed by atoms with Crippen LogP contribution in [0.25, 0.3) is 0 Å². The first-order valence-electron chi connectivity index (χ1n) is 8.68. The first-order valence-corrected chi connectivity index (χ1v) is 8.68. The molecule has 0 bridgehead atoms. The van der Waals surface area contributed by atoms with Crippen molar-refractivity contribution in [2.75, 3.05) is 27.3 Å². The molecule has 25 heavy (non-hydrogen) atoms. The predicted octanol–water partition coefficient (Wildman–Crippen LogP) is 3.00. The van der Waals surface area contributed by atoms with Crippen LogP contribution in [0.4, 0.5) is 4.79 Å². The van der Waals surface area contributed by atoms with Gasteiger partial charge >= 0.3 is 6.09 Å². The number of benzene rings is 1. The van der Waals surface area contributed by atoms with E-state index in [1.54, 1.807) is 19.1 Å². The topological polar surface area (TPSA) is 65.1 Å². The Morgan fingerprint density at radius 1 is 1.20 bits per heavy atom. The van der Waals surface area contributed by atoms with E-state index in [1.165, 1.54) is 0 Å². The van der Waals surface area contributed by atoms with Crippen LogP contribution in [0.15, 0.2) is 30.3 Å². The van der Waals surface area contributed by atoms with E-state index < -0.39 is 0 Å². The fourth-order valence-electron chi connectivity index (χ4n) is 3.01. The first kappa shape index (κ1) is 19.4. The maximum absolute atomic E-state index is 12.4. The van der Waals surface area contributed by atoms with Crippen molar-refractivity contribution >= 4 is 11.9 Å². The Balaban J connectivity index is 1.79. The van der Waals surface area contributed by atoms with E-state index in [0.29, 0.717) is 25.9 Å². The van der Waals surface area contributed by atoms with Gasteiger partial charge in [-0.3, -0.25) is 4.79 Å². The average Bonchev–Trinajstić information content (AvgIpc) is 2.67. The number of hydrogen-bond acceptors (Lipinski definition) is 5. The molecule has 0 spiro atoms. The number of carbonyl (C=O) groups is 2. The van der Waals surface area contributed by atoms with Gasteiger partial charge in [-0.2, -0.15) is 0 Å². The molecular weight excluding hydrogens is 322 g/mol. The second-order valence-electron chi connectivity index (χ2n) is 6.23. The van der Waals surface area contributed by atoms with Crippen molar-refractivity contribution in [1.82, 2.24) is 4.90 Å². The van der Waals surface area contributed by atoms with E-state index in [1.807, 2.05) is 30.3 Å². The minimum absolute atomic E-state index is 0.132. The van der Waals surface area contributed by atoms with Crippen molar-refractivity contribution in [3.63, 3.8) is 0 Å². The molecule has 1 fully saturated rings. The maximum Gasteiger partial charge on any atom is 0.410 e. The third-order valence-electron chi connectivity index (χ3n) is 4.49. The third-order valence-corrected chi connectivity index (χ3v) is 4.49. The van der Waals surface area contributed by atoms with Gasteiger partial charge in [0.1, 0.15) is 12.4 Å². The van der Waals surface area contributed by atoms with Crippen molar-refractivity contribution in [3.8, 4) is 0 Å². The zero-order chi connectivity index (χ0) is 18.1. The van der Waals surface area contributed by atoms with Crippen molar-refractivity contribution in [2.45, 2.75) is 38.6 Å². The van der Waals surface area contributed by atoms with E-state index in [9.17, 15) is 9.59 Å². The fraction of sp³-hybridized carbons (Fsp3) is 0.579. The van der Waals surface area contributed by atoms with Gasteiger partial charge in [0.05, 0.1) is 0 Å². The molecule has 1 aromatic carbocycles. The normalized spacial score (nSPS) is 17.6. The highest BCUT2D eigenvalue weighted by Crippen LogP contribution is 2.21. The number of ketones is 1. The van der Waals surface area contributed by atoms with Gasteiger partial charge in [0, 0.05) is 46.1 Å². The van der Waals surface area contributed by atoms with Crippen molar-refractivity contribution in [3.05, 3.63) is 35.9 Å². The number of nitrogens with zero attached hydrogens (tertiary/aromatic N) is 1. The minimum Gasteiger partial charge on any atom is -0.445 e. The third kappa shape index (κ3) is 6.14.